The molecule has 4 unspecified atom stereocenters. The molecule has 0 bridgehead atoms. The molecule has 4 atom stereocenters. The minimum absolute atomic E-state index is 0. The molecule has 18 heteroatoms. The number of likely N-dealkylation sites (N-methyl/N-ethyl adjacent to an activating group) is 2. The highest BCUT2D eigenvalue weighted by Gasteiger charge is 2.45. The zero-order chi connectivity index (χ0) is 51.5. The number of halogens is 2. The minimum atomic E-state index is -0.376. The molecule has 0 radical (unpaired) electrons. The monoisotopic (exact) mass is 1060 g/mol. The molecule has 73 heavy (non-hydrogen) atoms. The van der Waals surface area contributed by atoms with Crippen LogP contribution < -0.4 is 76.9 Å². The highest BCUT2D eigenvalue weighted by atomic mass is 35.5. The van der Waals surface area contributed by atoms with Crippen molar-refractivity contribution in [2.75, 3.05) is 125 Å². The third-order valence-corrected chi connectivity index (χ3v) is 14.7. The first-order chi connectivity index (χ1) is 34.2. The molecule has 4 aromatic rings. The van der Waals surface area contributed by atoms with Crippen LogP contribution in [-0.4, -0.2) is 146 Å². The van der Waals surface area contributed by atoms with Gasteiger partial charge in [0, 0.05) is 51.4 Å². The van der Waals surface area contributed by atoms with Crippen molar-refractivity contribution >= 4 is 11.8 Å². The van der Waals surface area contributed by atoms with Crippen molar-refractivity contribution in [2.24, 2.45) is 0 Å². The summed E-state index contributed by atoms with van der Waals surface area (Å²) in [5.74, 6) is 6.23. The topological polar surface area (TPSA) is 145 Å². The molecule has 2 heterocycles. The maximum atomic E-state index is 13.5. The number of carbonyl (C=O) groups excluding carboxylic acids is 2. The van der Waals surface area contributed by atoms with Gasteiger partial charge >= 0.3 is 5.97 Å². The molecular weight excluding hydrogens is 984 g/mol. The highest BCUT2D eigenvalue weighted by Crippen LogP contribution is 2.52. The van der Waals surface area contributed by atoms with Crippen LogP contribution in [0.5, 0.6) is 63.2 Å². The smallest absolute Gasteiger partial charge is 0.306 e. The first-order valence-corrected chi connectivity index (χ1v) is 24.2. The first-order valence-electron chi connectivity index (χ1n) is 24.2. The molecule has 0 fully saturated rings. The number of carbonyl (C=O) groups is 2. The summed E-state index contributed by atoms with van der Waals surface area (Å²) in [6.45, 7) is 3.35. The standard InChI is InChI=1S/C55H76N2O14.2ClH/c1-56(25-21-38-34-47(65-8)53(68-11)55(70-13)50(38)41(56)29-36-31-44(62-5)51(66-9)45(32-36)63-6)23-14-16-39(58)18-20-48(59)71-27-15-24-57(2)26-22-37-33-46(64-7)52(67-10)54(69-12)49(37)40(57)28-35-17-19-42(60-3)43(30-35)61-4;;/h17,19,30-34,40-41H,14-16,18,20-29H2,1-13H3;2*1H/q+2;;/p-2. The third kappa shape index (κ3) is 13.0. The maximum Gasteiger partial charge on any atom is 0.306 e. The van der Waals surface area contributed by atoms with Gasteiger partial charge in [0.15, 0.2) is 46.0 Å². The lowest BCUT2D eigenvalue weighted by Gasteiger charge is -2.46. The number of hydrogen-bond donors (Lipinski definition) is 0. The van der Waals surface area contributed by atoms with Gasteiger partial charge in [0.1, 0.15) is 17.9 Å². The highest BCUT2D eigenvalue weighted by molar-refractivity contribution is 5.82. The Morgan fingerprint density at radius 2 is 0.890 bits per heavy atom. The van der Waals surface area contributed by atoms with E-state index in [1.54, 1.807) is 78.2 Å². The third-order valence-electron chi connectivity index (χ3n) is 14.7. The Balaban J connectivity index is 0.00000578. The van der Waals surface area contributed by atoms with E-state index in [0.29, 0.717) is 111 Å². The molecule has 0 saturated carbocycles. The molecule has 0 saturated heterocycles. The van der Waals surface area contributed by atoms with E-state index in [0.717, 1.165) is 65.9 Å². The quantitative estimate of drug-likeness (QED) is 0.0515. The summed E-state index contributed by atoms with van der Waals surface area (Å²) in [7, 11) is 22.4. The summed E-state index contributed by atoms with van der Waals surface area (Å²) in [5, 5.41) is 0. The van der Waals surface area contributed by atoms with Gasteiger partial charge < -0.3 is 90.6 Å². The molecule has 0 N–H and O–H groups in total. The lowest BCUT2D eigenvalue weighted by atomic mass is 9.85. The van der Waals surface area contributed by atoms with Gasteiger partial charge in [0.2, 0.25) is 17.2 Å². The van der Waals surface area contributed by atoms with Gasteiger partial charge in [-0.25, -0.2) is 0 Å². The van der Waals surface area contributed by atoms with E-state index in [1.807, 2.05) is 30.3 Å². The van der Waals surface area contributed by atoms with Gasteiger partial charge in [-0.15, -0.1) is 0 Å². The Morgan fingerprint density at radius 1 is 0.466 bits per heavy atom. The van der Waals surface area contributed by atoms with Gasteiger partial charge in [-0.2, -0.15) is 0 Å². The second kappa shape index (κ2) is 27.0. The van der Waals surface area contributed by atoms with Crippen molar-refractivity contribution in [3.05, 3.63) is 75.8 Å². The van der Waals surface area contributed by atoms with Crippen molar-refractivity contribution in [3.63, 3.8) is 0 Å². The number of esters is 1. The first kappa shape index (κ1) is 59.9. The number of ketones is 1. The lowest BCUT2D eigenvalue weighted by molar-refractivity contribution is -0.941. The second-order valence-corrected chi connectivity index (χ2v) is 18.7. The number of nitrogens with zero attached hydrogens (tertiary/aromatic N) is 2. The average Bonchev–Trinajstić information content (AvgIpc) is 3.39. The van der Waals surface area contributed by atoms with E-state index < -0.39 is 0 Å². The largest absolute Gasteiger partial charge is 1.00 e. The Hall–Kier alpha value is -5.68. The van der Waals surface area contributed by atoms with E-state index in [9.17, 15) is 9.59 Å². The van der Waals surface area contributed by atoms with Crippen molar-refractivity contribution in [3.8, 4) is 63.2 Å². The number of Topliss-reactive ketones (excluding diaryl/α,β-unsaturated/α-hetero) is 1. The van der Waals surface area contributed by atoms with Crippen LogP contribution in [0.2, 0.25) is 0 Å². The van der Waals surface area contributed by atoms with Crippen LogP contribution in [0.25, 0.3) is 0 Å². The molecule has 0 aliphatic carbocycles. The molecular formula is C55H76Cl2N2O14. The predicted molar refractivity (Wildman–Crippen MR) is 269 cm³/mol. The van der Waals surface area contributed by atoms with Gasteiger partial charge in [-0.3, -0.25) is 9.59 Å². The van der Waals surface area contributed by atoms with E-state index >= 15 is 0 Å². The fraction of sp³-hybridized carbons (Fsp3) is 0.527. The average molecular weight is 1060 g/mol. The molecule has 404 valence electrons. The Morgan fingerprint density at radius 3 is 1.34 bits per heavy atom. The van der Waals surface area contributed by atoms with Crippen LogP contribution in [-0.2, 0) is 40.0 Å². The van der Waals surface area contributed by atoms with Crippen molar-refractivity contribution in [2.45, 2.75) is 69.9 Å². The Labute approximate surface area is 444 Å². The van der Waals surface area contributed by atoms with E-state index in [-0.39, 0.29) is 68.1 Å². The number of rotatable bonds is 26. The van der Waals surface area contributed by atoms with Gasteiger partial charge in [-0.1, -0.05) is 6.07 Å². The Bertz CT molecular complexity index is 2480. The van der Waals surface area contributed by atoms with Crippen LogP contribution >= 0.6 is 0 Å². The summed E-state index contributed by atoms with van der Waals surface area (Å²) in [6.07, 6.45) is 4.60. The summed E-state index contributed by atoms with van der Waals surface area (Å²) < 4.78 is 70.8. The Kier molecular flexibility index (Phi) is 22.2. The van der Waals surface area contributed by atoms with Crippen LogP contribution in [0.1, 0.15) is 77.6 Å². The van der Waals surface area contributed by atoms with E-state index in [2.05, 4.69) is 26.2 Å². The molecule has 4 aromatic carbocycles. The number of hydrogen-bond acceptors (Lipinski definition) is 14. The van der Waals surface area contributed by atoms with Crippen LogP contribution in [0.3, 0.4) is 0 Å². The van der Waals surface area contributed by atoms with E-state index in [4.69, 9.17) is 56.8 Å². The van der Waals surface area contributed by atoms with Crippen LogP contribution in [0, 0.1) is 0 Å². The molecule has 2 aliphatic rings. The summed E-state index contributed by atoms with van der Waals surface area (Å²) >= 11 is 0. The molecule has 2 aliphatic heterocycles. The van der Waals surface area contributed by atoms with Gasteiger partial charge in [0.05, 0.1) is 143 Å². The van der Waals surface area contributed by atoms with Crippen molar-refractivity contribution in [1.29, 1.82) is 0 Å². The molecule has 16 nitrogen and oxygen atoms in total. The summed E-state index contributed by atoms with van der Waals surface area (Å²) in [5.41, 5.74) is 6.44. The van der Waals surface area contributed by atoms with Crippen molar-refractivity contribution in [1.82, 2.24) is 0 Å². The molecule has 6 rings (SSSR count). The normalized spacial score (nSPS) is 18.5. The second-order valence-electron chi connectivity index (χ2n) is 18.7. The zero-order valence-corrected chi connectivity index (χ0v) is 46.5. The van der Waals surface area contributed by atoms with Gasteiger partial charge in [-0.05, 0) is 58.7 Å². The SMILES string of the molecule is COc1ccc(CC2c3c(cc(OC)c(OC)c3OC)CC[N+]2(C)CCCOC(=O)CCC(=O)CCC[N+]2(C)CCc3cc(OC)c(OC)c(OC)c3C2Cc2cc(OC)c(OC)c(OC)c2)cc1OC.[Cl-].[Cl-]. The number of ether oxygens (including phenoxy) is 12. The number of fused-ring (bicyclic) bond motifs is 2. The minimum Gasteiger partial charge on any atom is -1.00 e. The molecule has 0 aromatic heterocycles. The number of benzene rings is 4. The lowest BCUT2D eigenvalue weighted by Crippen LogP contribution is -3.00. The maximum absolute atomic E-state index is 13.5. The fourth-order valence-electron chi connectivity index (χ4n) is 10.9. The van der Waals surface area contributed by atoms with Crippen LogP contribution in [0.15, 0.2) is 42.5 Å². The number of quaternary nitrogens is 2. The molecule has 0 spiro atoms. The zero-order valence-electron chi connectivity index (χ0n) is 45.0. The number of methoxy groups -OCH3 is 11. The van der Waals surface area contributed by atoms with Gasteiger partial charge in [0.25, 0.3) is 0 Å². The summed E-state index contributed by atoms with van der Waals surface area (Å²) in [6, 6.07) is 13.9. The van der Waals surface area contributed by atoms with E-state index in [1.165, 1.54) is 0 Å². The fourth-order valence-corrected chi connectivity index (χ4v) is 10.9. The predicted octanol–water partition coefficient (Wildman–Crippen LogP) is 2.13. The van der Waals surface area contributed by atoms with Crippen LogP contribution in [0.4, 0.5) is 0 Å². The van der Waals surface area contributed by atoms with Crippen molar-refractivity contribution < 1.29 is 100 Å². The summed E-state index contributed by atoms with van der Waals surface area (Å²) in [4.78, 5) is 26.6. The molecule has 0 amide bonds.